The van der Waals surface area contributed by atoms with E-state index in [2.05, 4.69) is 14.7 Å². The standard InChI is InChI=1S/C17H22N4O3S/c1-13-16(20-25(22,23)12-15-6-4-3-5-7-15)14(2)19-17(18-13)21-8-10-24-11-9-21/h3-7,20H,8-12H2,1-2H3. The minimum atomic E-state index is -3.53. The molecule has 1 aromatic heterocycles. The van der Waals surface area contributed by atoms with Crippen LogP contribution >= 0.6 is 0 Å². The molecule has 1 aromatic carbocycles. The first-order chi connectivity index (χ1) is 11.9. The largest absolute Gasteiger partial charge is 0.378 e. The maximum atomic E-state index is 12.5. The summed E-state index contributed by atoms with van der Waals surface area (Å²) < 4.78 is 32.9. The Balaban J connectivity index is 1.80. The fourth-order valence-corrected chi connectivity index (χ4v) is 4.05. The van der Waals surface area contributed by atoms with Gasteiger partial charge in [-0.2, -0.15) is 0 Å². The molecule has 1 aliphatic heterocycles. The van der Waals surface area contributed by atoms with Crippen LogP contribution in [0.2, 0.25) is 0 Å². The van der Waals surface area contributed by atoms with E-state index in [1.54, 1.807) is 26.0 Å². The Bertz CT molecular complexity index is 811. The molecule has 0 bridgehead atoms. The Hall–Kier alpha value is -2.19. The summed E-state index contributed by atoms with van der Waals surface area (Å²) in [7, 11) is -3.53. The molecule has 0 radical (unpaired) electrons. The minimum absolute atomic E-state index is 0.0854. The minimum Gasteiger partial charge on any atom is -0.378 e. The molecule has 0 amide bonds. The summed E-state index contributed by atoms with van der Waals surface area (Å²) in [6, 6.07) is 9.08. The first-order valence-corrected chi connectivity index (χ1v) is 9.82. The lowest BCUT2D eigenvalue weighted by atomic mass is 10.2. The van der Waals surface area contributed by atoms with E-state index in [0.29, 0.717) is 36.2 Å². The molecule has 1 saturated heterocycles. The fourth-order valence-electron chi connectivity index (χ4n) is 2.74. The molecule has 134 valence electrons. The quantitative estimate of drug-likeness (QED) is 0.874. The smallest absolute Gasteiger partial charge is 0.237 e. The highest BCUT2D eigenvalue weighted by Gasteiger charge is 2.20. The molecule has 1 fully saturated rings. The summed E-state index contributed by atoms with van der Waals surface area (Å²) in [6.45, 7) is 6.34. The van der Waals surface area contributed by atoms with Gasteiger partial charge in [0.2, 0.25) is 16.0 Å². The van der Waals surface area contributed by atoms with Crippen molar-refractivity contribution in [3.8, 4) is 0 Å². The molecule has 25 heavy (non-hydrogen) atoms. The second kappa shape index (κ2) is 7.37. The summed E-state index contributed by atoms with van der Waals surface area (Å²) in [4.78, 5) is 11.0. The summed E-state index contributed by atoms with van der Waals surface area (Å²) >= 11 is 0. The number of aromatic nitrogens is 2. The van der Waals surface area contributed by atoms with Gasteiger partial charge in [-0.25, -0.2) is 18.4 Å². The Morgan fingerprint density at radius 3 is 2.28 bits per heavy atom. The van der Waals surface area contributed by atoms with Gasteiger partial charge in [0, 0.05) is 13.1 Å². The lowest BCUT2D eigenvalue weighted by Gasteiger charge is -2.27. The van der Waals surface area contributed by atoms with Crippen molar-refractivity contribution in [2.24, 2.45) is 0 Å². The third-order valence-electron chi connectivity index (χ3n) is 4.01. The maximum absolute atomic E-state index is 12.5. The molecule has 2 aromatic rings. The van der Waals surface area contributed by atoms with Crippen molar-refractivity contribution < 1.29 is 13.2 Å². The number of rotatable bonds is 5. The first kappa shape index (κ1) is 17.6. The number of sulfonamides is 1. The highest BCUT2D eigenvalue weighted by atomic mass is 32.2. The van der Waals surface area contributed by atoms with E-state index in [1.165, 1.54) is 0 Å². The van der Waals surface area contributed by atoms with Gasteiger partial charge in [0.05, 0.1) is 36.0 Å². The predicted octanol–water partition coefficient (Wildman–Crippen LogP) is 1.87. The lowest BCUT2D eigenvalue weighted by Crippen LogP contribution is -2.37. The van der Waals surface area contributed by atoms with Crippen LogP contribution < -0.4 is 9.62 Å². The monoisotopic (exact) mass is 362 g/mol. The third kappa shape index (κ3) is 4.46. The van der Waals surface area contributed by atoms with Crippen molar-refractivity contribution in [1.82, 2.24) is 9.97 Å². The van der Waals surface area contributed by atoms with Gasteiger partial charge in [-0.05, 0) is 19.4 Å². The first-order valence-electron chi connectivity index (χ1n) is 8.17. The van der Waals surface area contributed by atoms with E-state index in [4.69, 9.17) is 4.74 Å². The average molecular weight is 362 g/mol. The zero-order chi connectivity index (χ0) is 17.9. The molecule has 3 rings (SSSR count). The predicted molar refractivity (Wildman–Crippen MR) is 97.2 cm³/mol. The molecule has 0 atom stereocenters. The molecule has 0 saturated carbocycles. The molecule has 1 aliphatic rings. The Kier molecular flexibility index (Phi) is 5.19. The molecule has 2 heterocycles. The summed E-state index contributed by atoms with van der Waals surface area (Å²) in [5, 5.41) is 0. The van der Waals surface area contributed by atoms with E-state index in [9.17, 15) is 8.42 Å². The second-order valence-electron chi connectivity index (χ2n) is 6.02. The van der Waals surface area contributed by atoms with Crippen molar-refractivity contribution in [2.75, 3.05) is 35.9 Å². The second-order valence-corrected chi connectivity index (χ2v) is 7.74. The molecular formula is C17H22N4O3S. The Labute approximate surface area is 148 Å². The Morgan fingerprint density at radius 1 is 1.08 bits per heavy atom. The van der Waals surface area contributed by atoms with E-state index in [-0.39, 0.29) is 5.75 Å². The highest BCUT2D eigenvalue weighted by Crippen LogP contribution is 2.23. The van der Waals surface area contributed by atoms with E-state index in [0.717, 1.165) is 18.7 Å². The normalized spacial score (nSPS) is 15.2. The van der Waals surface area contributed by atoms with Gasteiger partial charge in [0.25, 0.3) is 0 Å². The number of hydrogen-bond acceptors (Lipinski definition) is 6. The van der Waals surface area contributed by atoms with Gasteiger partial charge >= 0.3 is 0 Å². The number of anilines is 2. The zero-order valence-electron chi connectivity index (χ0n) is 14.4. The van der Waals surface area contributed by atoms with Crippen LogP contribution in [0.15, 0.2) is 30.3 Å². The van der Waals surface area contributed by atoms with Crippen LogP contribution in [0, 0.1) is 13.8 Å². The highest BCUT2D eigenvalue weighted by molar-refractivity contribution is 7.91. The van der Waals surface area contributed by atoms with Crippen LogP contribution in [0.25, 0.3) is 0 Å². The summed E-state index contributed by atoms with van der Waals surface area (Å²) in [5.74, 6) is 0.530. The van der Waals surface area contributed by atoms with Crippen LogP contribution in [0.1, 0.15) is 17.0 Å². The fraction of sp³-hybridized carbons (Fsp3) is 0.412. The van der Waals surface area contributed by atoms with Crippen molar-refractivity contribution in [3.05, 3.63) is 47.3 Å². The summed E-state index contributed by atoms with van der Waals surface area (Å²) in [5.41, 5.74) is 2.42. The maximum Gasteiger partial charge on any atom is 0.237 e. The van der Waals surface area contributed by atoms with Crippen molar-refractivity contribution >= 4 is 21.7 Å². The van der Waals surface area contributed by atoms with Crippen LogP contribution in [-0.4, -0.2) is 44.7 Å². The van der Waals surface area contributed by atoms with E-state index in [1.807, 2.05) is 23.1 Å². The number of nitrogens with zero attached hydrogens (tertiary/aromatic N) is 3. The number of ether oxygens (including phenoxy) is 1. The van der Waals surface area contributed by atoms with Crippen LogP contribution in [0.4, 0.5) is 11.6 Å². The van der Waals surface area contributed by atoms with Crippen LogP contribution in [0.3, 0.4) is 0 Å². The molecule has 1 N–H and O–H groups in total. The number of aryl methyl sites for hydroxylation is 2. The number of morpholine rings is 1. The molecule has 7 nitrogen and oxygen atoms in total. The van der Waals surface area contributed by atoms with Gasteiger partial charge in [-0.3, -0.25) is 4.72 Å². The number of nitrogens with one attached hydrogen (secondary N) is 1. The topological polar surface area (TPSA) is 84.4 Å². The van der Waals surface area contributed by atoms with E-state index >= 15 is 0 Å². The van der Waals surface area contributed by atoms with E-state index < -0.39 is 10.0 Å². The molecule has 8 heteroatoms. The van der Waals surface area contributed by atoms with Gasteiger partial charge in [0.1, 0.15) is 0 Å². The van der Waals surface area contributed by atoms with Gasteiger partial charge in [-0.15, -0.1) is 0 Å². The zero-order valence-corrected chi connectivity index (χ0v) is 15.2. The van der Waals surface area contributed by atoms with Crippen molar-refractivity contribution in [2.45, 2.75) is 19.6 Å². The summed E-state index contributed by atoms with van der Waals surface area (Å²) in [6.07, 6.45) is 0. The molecule has 0 aliphatic carbocycles. The van der Waals surface area contributed by atoms with Crippen molar-refractivity contribution in [1.29, 1.82) is 0 Å². The third-order valence-corrected chi connectivity index (χ3v) is 5.24. The lowest BCUT2D eigenvalue weighted by molar-refractivity contribution is 0.122. The van der Waals surface area contributed by atoms with Gasteiger partial charge in [-0.1, -0.05) is 30.3 Å². The van der Waals surface area contributed by atoms with Crippen LogP contribution in [0.5, 0.6) is 0 Å². The molecular weight excluding hydrogens is 340 g/mol. The molecule has 0 unspecified atom stereocenters. The van der Waals surface area contributed by atoms with Crippen LogP contribution in [-0.2, 0) is 20.5 Å². The average Bonchev–Trinajstić information content (AvgIpc) is 2.59. The van der Waals surface area contributed by atoms with Gasteiger partial charge < -0.3 is 9.64 Å². The number of benzene rings is 1. The van der Waals surface area contributed by atoms with Gasteiger partial charge in [0.15, 0.2) is 0 Å². The number of hydrogen-bond donors (Lipinski definition) is 1. The Morgan fingerprint density at radius 2 is 1.68 bits per heavy atom. The van der Waals surface area contributed by atoms with Crippen molar-refractivity contribution in [3.63, 3.8) is 0 Å². The SMILES string of the molecule is Cc1nc(N2CCOCC2)nc(C)c1NS(=O)(=O)Cc1ccccc1. The molecule has 0 spiro atoms.